The van der Waals surface area contributed by atoms with Crippen LogP contribution in [0.2, 0.25) is 0 Å². The summed E-state index contributed by atoms with van der Waals surface area (Å²) >= 11 is 0. The highest BCUT2D eigenvalue weighted by Gasteiger charge is 2.20. The smallest absolute Gasteiger partial charge is 0.242 e. The van der Waals surface area contributed by atoms with E-state index in [1.807, 2.05) is 27.7 Å². The molecule has 0 aliphatic rings. The number of nitrogens with one attached hydrogen (secondary N) is 2. The lowest BCUT2D eigenvalue weighted by Crippen LogP contribution is -2.47. The predicted octanol–water partition coefficient (Wildman–Crippen LogP) is 1.40. The van der Waals surface area contributed by atoms with E-state index in [2.05, 4.69) is 27.9 Å². The molecule has 1 amide bonds. The van der Waals surface area contributed by atoms with Gasteiger partial charge in [0.25, 0.3) is 0 Å². The Balaban J connectivity index is 2.61. The predicted molar refractivity (Wildman–Crippen MR) is 71.3 cm³/mol. The third kappa shape index (κ3) is 4.35. The Morgan fingerprint density at radius 2 is 2.17 bits per heavy atom. The molecule has 0 saturated carbocycles. The second kappa shape index (κ2) is 5.84. The topological polar surface area (TPSA) is 71.8 Å². The van der Waals surface area contributed by atoms with Crippen molar-refractivity contribution in [3.8, 4) is 0 Å². The van der Waals surface area contributed by atoms with Crippen LogP contribution in [0.25, 0.3) is 0 Å². The molecule has 18 heavy (non-hydrogen) atoms. The van der Waals surface area contributed by atoms with Gasteiger partial charge in [-0.1, -0.05) is 12.1 Å². The van der Waals surface area contributed by atoms with Crippen molar-refractivity contribution in [2.45, 2.75) is 59.2 Å². The molecule has 6 heteroatoms. The van der Waals surface area contributed by atoms with Crippen molar-refractivity contribution < 1.29 is 4.79 Å². The third-order valence-corrected chi connectivity index (χ3v) is 2.31. The second-order valence-electron chi connectivity index (χ2n) is 5.45. The third-order valence-electron chi connectivity index (χ3n) is 2.31. The van der Waals surface area contributed by atoms with Gasteiger partial charge in [0, 0.05) is 12.1 Å². The number of hydrogen-bond acceptors (Lipinski definition) is 4. The van der Waals surface area contributed by atoms with Gasteiger partial charge in [-0.2, -0.15) is 0 Å². The van der Waals surface area contributed by atoms with E-state index in [1.54, 1.807) is 10.9 Å². The van der Waals surface area contributed by atoms with Crippen molar-refractivity contribution >= 4 is 11.7 Å². The molecule has 6 nitrogen and oxygen atoms in total. The first kappa shape index (κ1) is 14.5. The van der Waals surface area contributed by atoms with E-state index in [0.29, 0.717) is 0 Å². The van der Waals surface area contributed by atoms with Crippen LogP contribution in [-0.2, 0) is 11.3 Å². The van der Waals surface area contributed by atoms with Gasteiger partial charge in [-0.3, -0.25) is 4.79 Å². The second-order valence-corrected chi connectivity index (χ2v) is 5.45. The number of amides is 1. The van der Waals surface area contributed by atoms with E-state index >= 15 is 0 Å². The molecule has 0 aliphatic carbocycles. The molecule has 1 aromatic heterocycles. The first-order valence-electron chi connectivity index (χ1n) is 6.30. The van der Waals surface area contributed by atoms with Crippen LogP contribution in [0.15, 0.2) is 6.20 Å². The molecule has 0 spiro atoms. The molecule has 1 rings (SSSR count). The van der Waals surface area contributed by atoms with Crippen molar-refractivity contribution in [2.24, 2.45) is 0 Å². The number of hydrogen-bond donors (Lipinski definition) is 2. The summed E-state index contributed by atoms with van der Waals surface area (Å²) in [5, 5.41) is 13.9. The van der Waals surface area contributed by atoms with Crippen LogP contribution < -0.4 is 10.6 Å². The lowest BCUT2D eigenvalue weighted by atomic mass is 10.1. The van der Waals surface area contributed by atoms with E-state index in [4.69, 9.17) is 0 Å². The number of aromatic nitrogens is 3. The van der Waals surface area contributed by atoms with Crippen LogP contribution in [0, 0.1) is 0 Å². The fourth-order valence-electron chi connectivity index (χ4n) is 1.51. The Morgan fingerprint density at radius 3 is 2.72 bits per heavy atom. The number of aryl methyl sites for hydroxylation is 1. The van der Waals surface area contributed by atoms with Gasteiger partial charge in [-0.15, -0.1) is 5.10 Å². The standard InChI is InChI=1S/C12H23N5O/c1-6-7-17-10(8-13-16-17)14-9(2)11(18)15-12(3,4)5/h8-9,14H,6-7H2,1-5H3,(H,15,18). The Hall–Kier alpha value is -1.59. The summed E-state index contributed by atoms with van der Waals surface area (Å²) in [6.45, 7) is 10.6. The lowest BCUT2D eigenvalue weighted by Gasteiger charge is -2.24. The fraction of sp³-hybridized carbons (Fsp3) is 0.750. The maximum absolute atomic E-state index is 11.9. The molecule has 1 heterocycles. The van der Waals surface area contributed by atoms with E-state index in [1.165, 1.54) is 0 Å². The van der Waals surface area contributed by atoms with Gasteiger partial charge in [0.1, 0.15) is 11.9 Å². The van der Waals surface area contributed by atoms with E-state index < -0.39 is 0 Å². The molecule has 0 bridgehead atoms. The van der Waals surface area contributed by atoms with Crippen molar-refractivity contribution in [2.75, 3.05) is 5.32 Å². The molecule has 0 fully saturated rings. The van der Waals surface area contributed by atoms with Gasteiger partial charge in [0.05, 0.1) is 6.20 Å². The van der Waals surface area contributed by atoms with Crippen LogP contribution in [0.1, 0.15) is 41.0 Å². The van der Waals surface area contributed by atoms with Gasteiger partial charge in [0.2, 0.25) is 5.91 Å². The van der Waals surface area contributed by atoms with Crippen molar-refractivity contribution in [3.63, 3.8) is 0 Å². The van der Waals surface area contributed by atoms with E-state index in [0.717, 1.165) is 18.8 Å². The van der Waals surface area contributed by atoms with Crippen LogP contribution in [0.3, 0.4) is 0 Å². The summed E-state index contributed by atoms with van der Waals surface area (Å²) in [7, 11) is 0. The number of nitrogens with zero attached hydrogens (tertiary/aromatic N) is 3. The summed E-state index contributed by atoms with van der Waals surface area (Å²) in [5.41, 5.74) is -0.227. The van der Waals surface area contributed by atoms with E-state index in [-0.39, 0.29) is 17.5 Å². The number of carbonyl (C=O) groups is 1. The van der Waals surface area contributed by atoms with Crippen LogP contribution in [-0.4, -0.2) is 32.5 Å². The molecule has 1 atom stereocenters. The summed E-state index contributed by atoms with van der Waals surface area (Å²) in [6, 6.07) is -0.321. The summed E-state index contributed by atoms with van der Waals surface area (Å²) in [6.07, 6.45) is 2.61. The molecule has 0 aliphatic heterocycles. The molecule has 0 aromatic carbocycles. The monoisotopic (exact) mass is 253 g/mol. The van der Waals surface area contributed by atoms with Crippen molar-refractivity contribution in [1.29, 1.82) is 0 Å². The molecule has 1 aromatic rings. The largest absolute Gasteiger partial charge is 0.357 e. The zero-order valence-electron chi connectivity index (χ0n) is 11.8. The average molecular weight is 253 g/mol. The zero-order chi connectivity index (χ0) is 13.8. The Labute approximate surface area is 108 Å². The number of carbonyl (C=O) groups excluding carboxylic acids is 1. The normalized spacial score (nSPS) is 13.2. The molecule has 0 radical (unpaired) electrons. The van der Waals surface area contributed by atoms with Gasteiger partial charge in [-0.05, 0) is 34.1 Å². The molecule has 0 saturated heterocycles. The Morgan fingerprint density at radius 1 is 1.50 bits per heavy atom. The summed E-state index contributed by atoms with van der Waals surface area (Å²) in [5.74, 6) is 0.736. The highest BCUT2D eigenvalue weighted by atomic mass is 16.2. The van der Waals surface area contributed by atoms with Gasteiger partial charge >= 0.3 is 0 Å². The number of anilines is 1. The van der Waals surface area contributed by atoms with Crippen LogP contribution >= 0.6 is 0 Å². The van der Waals surface area contributed by atoms with Gasteiger partial charge < -0.3 is 10.6 Å². The maximum Gasteiger partial charge on any atom is 0.242 e. The summed E-state index contributed by atoms with van der Waals surface area (Å²) in [4.78, 5) is 11.9. The molecular formula is C12H23N5O. The molecule has 2 N–H and O–H groups in total. The minimum absolute atomic E-state index is 0.0354. The van der Waals surface area contributed by atoms with Crippen molar-refractivity contribution in [3.05, 3.63) is 6.20 Å². The molecular weight excluding hydrogens is 230 g/mol. The minimum Gasteiger partial charge on any atom is -0.357 e. The van der Waals surface area contributed by atoms with Crippen LogP contribution in [0.5, 0.6) is 0 Å². The minimum atomic E-state index is -0.321. The molecule has 1 unspecified atom stereocenters. The Kier molecular flexibility index (Phi) is 4.69. The van der Waals surface area contributed by atoms with E-state index in [9.17, 15) is 4.79 Å². The number of rotatable bonds is 5. The van der Waals surface area contributed by atoms with Gasteiger partial charge in [0.15, 0.2) is 0 Å². The zero-order valence-corrected chi connectivity index (χ0v) is 11.8. The first-order chi connectivity index (χ1) is 8.33. The fourth-order valence-corrected chi connectivity index (χ4v) is 1.51. The summed E-state index contributed by atoms with van der Waals surface area (Å²) < 4.78 is 1.76. The lowest BCUT2D eigenvalue weighted by molar-refractivity contribution is -0.122. The quantitative estimate of drug-likeness (QED) is 0.832. The average Bonchev–Trinajstić information content (AvgIpc) is 2.64. The first-order valence-corrected chi connectivity index (χ1v) is 6.30. The SMILES string of the molecule is CCCn1nncc1NC(C)C(=O)NC(C)(C)C. The maximum atomic E-state index is 11.9. The van der Waals surface area contributed by atoms with Gasteiger partial charge in [-0.25, -0.2) is 4.68 Å². The highest BCUT2D eigenvalue weighted by molar-refractivity contribution is 5.84. The van der Waals surface area contributed by atoms with Crippen molar-refractivity contribution in [1.82, 2.24) is 20.3 Å². The molecule has 102 valence electrons. The Bertz CT molecular complexity index is 393. The highest BCUT2D eigenvalue weighted by Crippen LogP contribution is 2.08. The van der Waals surface area contributed by atoms with Crippen LogP contribution in [0.4, 0.5) is 5.82 Å².